The third-order valence-corrected chi connectivity index (χ3v) is 8.98. The first-order valence-electron chi connectivity index (χ1n) is 12.0. The predicted molar refractivity (Wildman–Crippen MR) is 117 cm³/mol. The number of carbonyl (C=O) groups excluding carboxylic acids is 1. The Morgan fingerprint density at radius 3 is 2.47 bits per heavy atom. The number of hydrogen-bond acceptors (Lipinski definition) is 3. The van der Waals surface area contributed by atoms with Crippen molar-refractivity contribution in [2.24, 2.45) is 17.8 Å². The third-order valence-electron chi connectivity index (χ3n) is 8.52. The maximum atomic E-state index is 15.2. The number of carboxylic acids is 1. The Hall–Kier alpha value is -1.82. The van der Waals surface area contributed by atoms with E-state index in [1.807, 2.05) is 0 Å². The van der Waals surface area contributed by atoms with Crippen molar-refractivity contribution in [2.45, 2.75) is 80.7 Å². The van der Waals surface area contributed by atoms with Gasteiger partial charge in [0.1, 0.15) is 23.7 Å². The number of alkyl halides is 1. The highest BCUT2D eigenvalue weighted by atomic mass is 35.5. The number of hydrogen-bond donors (Lipinski definition) is 1. The lowest BCUT2D eigenvalue weighted by Gasteiger charge is -2.57. The van der Waals surface area contributed by atoms with E-state index < -0.39 is 23.7 Å². The Morgan fingerprint density at radius 1 is 1.12 bits per heavy atom. The third kappa shape index (κ3) is 3.41. The molecule has 1 N–H and O–H groups in total. The second-order valence-electron chi connectivity index (χ2n) is 10.8. The molecule has 1 amide bonds. The quantitative estimate of drug-likeness (QED) is 0.629. The molecule has 4 bridgehead atoms. The second-order valence-corrected chi connectivity index (χ2v) is 11.6. The molecule has 7 heteroatoms. The van der Waals surface area contributed by atoms with E-state index in [0.29, 0.717) is 42.9 Å². The Kier molecular flexibility index (Phi) is 4.76. The predicted octanol–water partition coefficient (Wildman–Crippen LogP) is 4.96. The van der Waals surface area contributed by atoms with Gasteiger partial charge in [-0.05, 0) is 93.1 Å². The summed E-state index contributed by atoms with van der Waals surface area (Å²) in [6, 6.07) is 2.15. The van der Waals surface area contributed by atoms with Crippen LogP contribution < -0.4 is 4.74 Å². The van der Waals surface area contributed by atoms with Crippen molar-refractivity contribution in [3.63, 3.8) is 0 Å². The Bertz CT molecular complexity index is 963. The first-order valence-corrected chi connectivity index (χ1v) is 12.4. The monoisotopic (exact) mass is 461 g/mol. The molecule has 0 spiro atoms. The first-order chi connectivity index (χ1) is 15.3. The second kappa shape index (κ2) is 7.34. The number of likely N-dealkylation sites (tertiary alicyclic amines) is 1. The lowest BCUT2D eigenvalue weighted by molar-refractivity contribution is -0.141. The topological polar surface area (TPSA) is 66.8 Å². The largest absolute Gasteiger partial charge is 0.489 e. The normalized spacial score (nSPS) is 37.7. The standard InChI is InChI=1S/C25H29ClFNO4/c26-25-10-13-6-15(11-25)22(16(7-13)12-25)32-21-9-19(27)18(8-17(21)14-3-4-14)23(29)28-5-1-2-20(28)24(30)31/h8-9,13-16,20,22H,1-7,10-12H2,(H,30,31)/t13-,15+,16-,20-,22?,25+/m0/s1. The fourth-order valence-electron chi connectivity index (χ4n) is 7.19. The minimum absolute atomic E-state index is 0.0304. The van der Waals surface area contributed by atoms with Crippen LogP contribution in [0.3, 0.4) is 0 Å². The van der Waals surface area contributed by atoms with E-state index in [4.69, 9.17) is 16.3 Å². The van der Waals surface area contributed by atoms with Crippen LogP contribution in [-0.4, -0.2) is 45.4 Å². The van der Waals surface area contributed by atoms with Crippen LogP contribution in [0.15, 0.2) is 12.1 Å². The van der Waals surface area contributed by atoms with Gasteiger partial charge in [-0.2, -0.15) is 0 Å². The van der Waals surface area contributed by atoms with Gasteiger partial charge in [0.25, 0.3) is 5.91 Å². The summed E-state index contributed by atoms with van der Waals surface area (Å²) >= 11 is 6.87. The lowest BCUT2D eigenvalue weighted by Crippen LogP contribution is -2.56. The van der Waals surface area contributed by atoms with Crippen LogP contribution >= 0.6 is 11.6 Å². The molecule has 1 saturated heterocycles. The van der Waals surface area contributed by atoms with E-state index in [0.717, 1.165) is 50.5 Å². The Morgan fingerprint density at radius 2 is 1.84 bits per heavy atom. The highest BCUT2D eigenvalue weighted by molar-refractivity contribution is 6.24. The van der Waals surface area contributed by atoms with Crippen molar-refractivity contribution < 1.29 is 23.8 Å². The van der Waals surface area contributed by atoms with Crippen LogP contribution in [0.4, 0.5) is 4.39 Å². The van der Waals surface area contributed by atoms with Gasteiger partial charge in [0.05, 0.1) is 5.56 Å². The Labute approximate surface area is 192 Å². The van der Waals surface area contributed by atoms with Gasteiger partial charge in [-0.15, -0.1) is 11.6 Å². The summed E-state index contributed by atoms with van der Waals surface area (Å²) in [6.07, 6.45) is 8.42. The molecular formula is C25H29ClFNO4. The first kappa shape index (κ1) is 20.8. The number of carbonyl (C=O) groups is 2. The average Bonchev–Trinajstić information content (AvgIpc) is 3.43. The highest BCUT2D eigenvalue weighted by Crippen LogP contribution is 2.59. The SMILES string of the molecule is O=C(O)[C@@H]1CCCN1C(=O)c1cc(C2CC2)c(OC2[C@@H]3C[C@H]4C[C@H]2C[C@@](Cl)(C4)C3)cc1F. The fraction of sp³-hybridized carbons (Fsp3) is 0.680. The van der Waals surface area contributed by atoms with Crippen molar-refractivity contribution in [2.75, 3.05) is 6.54 Å². The summed E-state index contributed by atoms with van der Waals surface area (Å²) in [7, 11) is 0. The van der Waals surface area contributed by atoms with Crippen LogP contribution in [0, 0.1) is 23.6 Å². The van der Waals surface area contributed by atoms with Crippen molar-refractivity contribution in [3.05, 3.63) is 29.1 Å². The molecule has 1 aliphatic heterocycles. The van der Waals surface area contributed by atoms with Gasteiger partial charge in [0.2, 0.25) is 0 Å². The number of amides is 1. The molecule has 5 aliphatic carbocycles. The molecule has 0 radical (unpaired) electrons. The molecule has 6 aliphatic rings. The molecule has 172 valence electrons. The molecule has 1 unspecified atom stereocenters. The van der Waals surface area contributed by atoms with Gasteiger partial charge in [-0.25, -0.2) is 9.18 Å². The van der Waals surface area contributed by atoms with Gasteiger partial charge in [-0.3, -0.25) is 4.79 Å². The molecule has 0 aromatic heterocycles. The number of ether oxygens (including phenoxy) is 1. The molecule has 7 rings (SSSR count). The molecule has 1 aromatic rings. The fourth-order valence-corrected chi connectivity index (χ4v) is 7.80. The van der Waals surface area contributed by atoms with Crippen molar-refractivity contribution >= 4 is 23.5 Å². The zero-order valence-corrected chi connectivity index (χ0v) is 18.8. The minimum atomic E-state index is -1.03. The van der Waals surface area contributed by atoms with Gasteiger partial charge in [0, 0.05) is 17.5 Å². The smallest absolute Gasteiger partial charge is 0.326 e. The zero-order valence-electron chi connectivity index (χ0n) is 18.1. The lowest BCUT2D eigenvalue weighted by atomic mass is 9.54. The minimum Gasteiger partial charge on any atom is -0.489 e. The van der Waals surface area contributed by atoms with E-state index >= 15 is 4.39 Å². The number of aliphatic carboxylic acids is 1. The molecule has 6 fully saturated rings. The summed E-state index contributed by atoms with van der Waals surface area (Å²) in [4.78, 5) is 25.8. The number of benzene rings is 1. The van der Waals surface area contributed by atoms with Gasteiger partial charge in [0.15, 0.2) is 0 Å². The number of nitrogens with zero attached hydrogens (tertiary/aromatic N) is 1. The molecule has 32 heavy (non-hydrogen) atoms. The molecule has 1 heterocycles. The van der Waals surface area contributed by atoms with E-state index in [-0.39, 0.29) is 22.5 Å². The zero-order chi connectivity index (χ0) is 22.2. The maximum absolute atomic E-state index is 15.2. The molecular weight excluding hydrogens is 433 g/mol. The summed E-state index contributed by atoms with van der Waals surface area (Å²) in [6.45, 7) is 0.346. The average molecular weight is 462 g/mol. The summed E-state index contributed by atoms with van der Waals surface area (Å²) in [5, 5.41) is 9.43. The van der Waals surface area contributed by atoms with Crippen LogP contribution in [-0.2, 0) is 4.79 Å². The number of carboxylic acid groups (broad SMARTS) is 1. The van der Waals surface area contributed by atoms with E-state index in [9.17, 15) is 14.7 Å². The van der Waals surface area contributed by atoms with Crippen LogP contribution in [0.1, 0.15) is 79.6 Å². The van der Waals surface area contributed by atoms with Gasteiger partial charge in [-0.1, -0.05) is 0 Å². The maximum Gasteiger partial charge on any atom is 0.326 e. The number of rotatable bonds is 5. The molecule has 6 atom stereocenters. The van der Waals surface area contributed by atoms with Crippen LogP contribution in [0.25, 0.3) is 0 Å². The van der Waals surface area contributed by atoms with Crippen LogP contribution in [0.5, 0.6) is 5.75 Å². The van der Waals surface area contributed by atoms with Crippen molar-refractivity contribution in [1.29, 1.82) is 0 Å². The Balaban J connectivity index is 1.29. The molecule has 5 nitrogen and oxygen atoms in total. The van der Waals surface area contributed by atoms with Crippen molar-refractivity contribution in [3.8, 4) is 5.75 Å². The van der Waals surface area contributed by atoms with Gasteiger partial charge >= 0.3 is 5.97 Å². The van der Waals surface area contributed by atoms with Crippen molar-refractivity contribution in [1.82, 2.24) is 4.90 Å². The molecule has 1 aromatic carbocycles. The number of halogens is 2. The van der Waals surface area contributed by atoms with E-state index in [1.165, 1.54) is 11.0 Å². The summed E-state index contributed by atoms with van der Waals surface area (Å²) in [5.74, 6) is 0.181. The molecule has 5 saturated carbocycles. The van der Waals surface area contributed by atoms with E-state index in [2.05, 4.69) is 0 Å². The van der Waals surface area contributed by atoms with E-state index in [1.54, 1.807) is 6.07 Å². The van der Waals surface area contributed by atoms with Gasteiger partial charge < -0.3 is 14.7 Å². The summed E-state index contributed by atoms with van der Waals surface area (Å²) < 4.78 is 21.8. The highest BCUT2D eigenvalue weighted by Gasteiger charge is 2.56. The summed E-state index contributed by atoms with van der Waals surface area (Å²) in [5.41, 5.74) is 0.868. The van der Waals surface area contributed by atoms with Crippen LogP contribution in [0.2, 0.25) is 0 Å².